The second-order valence-corrected chi connectivity index (χ2v) is 4.59. The molecule has 21 heavy (non-hydrogen) atoms. The number of aromatic hydroxyl groups is 1. The van der Waals surface area contributed by atoms with Crippen molar-refractivity contribution in [2.45, 2.75) is 26.2 Å². The first-order valence-corrected chi connectivity index (χ1v) is 6.73. The molecular weight excluding hydrogens is 272 g/mol. The maximum Gasteiger partial charge on any atom is 0.330 e. The van der Waals surface area contributed by atoms with Crippen LogP contribution in [-0.4, -0.2) is 28.8 Å². The average molecular weight is 292 g/mol. The van der Waals surface area contributed by atoms with Crippen LogP contribution in [0.15, 0.2) is 35.9 Å². The van der Waals surface area contributed by atoms with E-state index in [4.69, 9.17) is 5.11 Å². The Kier molecular flexibility index (Phi) is 6.80. The number of phenolic OH excluding ortho intramolecular Hbond substituents is 1. The zero-order valence-corrected chi connectivity index (χ0v) is 11.9. The lowest BCUT2D eigenvalue weighted by Crippen LogP contribution is -2.29. The van der Waals surface area contributed by atoms with Gasteiger partial charge >= 0.3 is 12.0 Å². The molecule has 0 unspecified atom stereocenters. The van der Waals surface area contributed by atoms with Crippen molar-refractivity contribution >= 4 is 17.7 Å². The highest BCUT2D eigenvalue weighted by Crippen LogP contribution is 2.20. The molecule has 6 heteroatoms. The van der Waals surface area contributed by atoms with Crippen molar-refractivity contribution in [3.8, 4) is 5.75 Å². The molecule has 1 rings (SSSR count). The fourth-order valence-corrected chi connectivity index (χ4v) is 1.62. The number of para-hydroxylation sites is 2. The lowest BCUT2D eigenvalue weighted by atomic mass is 10.2. The van der Waals surface area contributed by atoms with E-state index in [2.05, 4.69) is 10.6 Å². The highest BCUT2D eigenvalue weighted by molar-refractivity contribution is 5.90. The Morgan fingerprint density at radius 3 is 2.62 bits per heavy atom. The summed E-state index contributed by atoms with van der Waals surface area (Å²) in [7, 11) is 0. The molecule has 0 saturated carbocycles. The molecule has 0 spiro atoms. The zero-order chi connectivity index (χ0) is 15.7. The van der Waals surface area contributed by atoms with Gasteiger partial charge < -0.3 is 20.8 Å². The Morgan fingerprint density at radius 1 is 1.24 bits per heavy atom. The van der Waals surface area contributed by atoms with Crippen LogP contribution in [0.25, 0.3) is 0 Å². The summed E-state index contributed by atoms with van der Waals surface area (Å²) in [6.07, 6.45) is 3.88. The maximum absolute atomic E-state index is 11.6. The van der Waals surface area contributed by atoms with Gasteiger partial charge in [-0.3, -0.25) is 0 Å². The van der Waals surface area contributed by atoms with Crippen LogP contribution in [0, 0.1) is 0 Å². The number of carboxylic acids is 1. The first-order chi connectivity index (χ1) is 10.0. The van der Waals surface area contributed by atoms with Gasteiger partial charge in [-0.1, -0.05) is 18.2 Å². The lowest BCUT2D eigenvalue weighted by molar-refractivity contribution is -0.132. The van der Waals surface area contributed by atoms with Crippen molar-refractivity contribution in [1.82, 2.24) is 5.32 Å². The van der Waals surface area contributed by atoms with Gasteiger partial charge in [-0.15, -0.1) is 0 Å². The molecule has 0 aliphatic rings. The summed E-state index contributed by atoms with van der Waals surface area (Å²) in [5.41, 5.74) is 0.690. The number of allylic oxidation sites excluding steroid dienone is 1. The molecule has 0 aliphatic carbocycles. The fraction of sp³-hybridized carbons (Fsp3) is 0.333. The molecular formula is C15H20N2O4. The number of aliphatic carboxylic acids is 1. The van der Waals surface area contributed by atoms with Crippen molar-refractivity contribution in [2.75, 3.05) is 11.9 Å². The molecule has 1 aromatic carbocycles. The normalized spacial score (nSPS) is 11.0. The monoisotopic (exact) mass is 292 g/mol. The third kappa shape index (κ3) is 6.47. The van der Waals surface area contributed by atoms with E-state index >= 15 is 0 Å². The van der Waals surface area contributed by atoms with Gasteiger partial charge in [-0.2, -0.15) is 0 Å². The minimum atomic E-state index is -0.907. The quantitative estimate of drug-likeness (QED) is 0.353. The first-order valence-electron chi connectivity index (χ1n) is 6.73. The molecule has 1 aromatic rings. The smallest absolute Gasteiger partial charge is 0.330 e. The van der Waals surface area contributed by atoms with Crippen molar-refractivity contribution < 1.29 is 19.8 Å². The molecule has 0 aromatic heterocycles. The van der Waals surface area contributed by atoms with Crippen molar-refractivity contribution in [3.05, 3.63) is 35.9 Å². The van der Waals surface area contributed by atoms with Crippen LogP contribution in [0.1, 0.15) is 26.2 Å². The van der Waals surface area contributed by atoms with E-state index in [-0.39, 0.29) is 11.8 Å². The standard InChI is InChI=1S/C15H20N2O4/c1-11(14(19)20)7-3-2-6-10-16-15(21)17-12-8-4-5-9-13(12)18/h4-5,7-9,18H,2-3,6,10H2,1H3,(H,19,20)(H2,16,17,21)/b11-7+. The van der Waals surface area contributed by atoms with E-state index in [0.717, 1.165) is 12.8 Å². The number of carbonyl (C=O) groups excluding carboxylic acids is 1. The Labute approximate surface area is 123 Å². The minimum Gasteiger partial charge on any atom is -0.506 e. The number of hydrogen-bond donors (Lipinski definition) is 4. The Bertz CT molecular complexity index is 526. The summed E-state index contributed by atoms with van der Waals surface area (Å²) in [5.74, 6) is -0.892. The number of urea groups is 1. The molecule has 0 aliphatic heterocycles. The van der Waals surface area contributed by atoms with Gasteiger partial charge in [0.1, 0.15) is 5.75 Å². The molecule has 0 atom stereocenters. The first kappa shape index (κ1) is 16.6. The van der Waals surface area contributed by atoms with Crippen LogP contribution in [0.2, 0.25) is 0 Å². The number of nitrogens with one attached hydrogen (secondary N) is 2. The van der Waals surface area contributed by atoms with Crippen LogP contribution < -0.4 is 10.6 Å². The van der Waals surface area contributed by atoms with Gasteiger partial charge in [0.25, 0.3) is 0 Å². The Hall–Kier alpha value is -2.50. The number of hydrogen-bond acceptors (Lipinski definition) is 3. The van der Waals surface area contributed by atoms with Crippen LogP contribution in [0.3, 0.4) is 0 Å². The van der Waals surface area contributed by atoms with Gasteiger partial charge in [0, 0.05) is 12.1 Å². The zero-order valence-electron chi connectivity index (χ0n) is 11.9. The maximum atomic E-state index is 11.6. The van der Waals surface area contributed by atoms with Gasteiger partial charge in [-0.05, 0) is 38.3 Å². The van der Waals surface area contributed by atoms with E-state index in [9.17, 15) is 14.7 Å². The minimum absolute atomic E-state index is 0.0157. The largest absolute Gasteiger partial charge is 0.506 e. The van der Waals surface area contributed by atoms with E-state index in [1.807, 2.05) is 0 Å². The average Bonchev–Trinajstić information content (AvgIpc) is 2.44. The molecule has 0 saturated heterocycles. The van der Waals surface area contributed by atoms with Gasteiger partial charge in [0.05, 0.1) is 5.69 Å². The number of phenols is 1. The van der Waals surface area contributed by atoms with Crippen LogP contribution in [-0.2, 0) is 4.79 Å². The molecule has 0 heterocycles. The number of anilines is 1. The Balaban J connectivity index is 2.19. The predicted octanol–water partition coefficient (Wildman–Crippen LogP) is 2.71. The van der Waals surface area contributed by atoms with Crippen LogP contribution in [0.4, 0.5) is 10.5 Å². The predicted molar refractivity (Wildman–Crippen MR) is 80.4 cm³/mol. The SMILES string of the molecule is C/C(=C\CCCCNC(=O)Nc1ccccc1O)C(=O)O. The number of rotatable bonds is 7. The van der Waals surface area contributed by atoms with E-state index in [0.29, 0.717) is 24.2 Å². The number of carbonyl (C=O) groups is 2. The summed E-state index contributed by atoms with van der Waals surface area (Å²) in [6, 6.07) is 6.10. The Morgan fingerprint density at radius 2 is 1.95 bits per heavy atom. The molecule has 0 fully saturated rings. The summed E-state index contributed by atoms with van der Waals surface area (Å²) in [4.78, 5) is 22.1. The van der Waals surface area contributed by atoms with Crippen LogP contribution in [0.5, 0.6) is 5.75 Å². The topological polar surface area (TPSA) is 98.7 Å². The second-order valence-electron chi connectivity index (χ2n) is 4.59. The van der Waals surface area contributed by atoms with E-state index < -0.39 is 5.97 Å². The van der Waals surface area contributed by atoms with Gasteiger partial charge in [0.2, 0.25) is 0 Å². The molecule has 6 nitrogen and oxygen atoms in total. The third-order valence-electron chi connectivity index (χ3n) is 2.86. The highest BCUT2D eigenvalue weighted by Gasteiger charge is 2.04. The summed E-state index contributed by atoms with van der Waals surface area (Å²) in [5, 5.41) is 23.4. The summed E-state index contributed by atoms with van der Waals surface area (Å²) >= 11 is 0. The number of benzene rings is 1. The summed E-state index contributed by atoms with van der Waals surface area (Å²) in [6.45, 7) is 2.04. The van der Waals surface area contributed by atoms with E-state index in [1.54, 1.807) is 31.2 Å². The van der Waals surface area contributed by atoms with Crippen LogP contribution >= 0.6 is 0 Å². The lowest BCUT2D eigenvalue weighted by Gasteiger charge is -2.08. The molecule has 0 radical (unpaired) electrons. The number of unbranched alkanes of at least 4 members (excludes halogenated alkanes) is 2. The highest BCUT2D eigenvalue weighted by atomic mass is 16.4. The second kappa shape index (κ2) is 8.63. The fourth-order valence-electron chi connectivity index (χ4n) is 1.62. The van der Waals surface area contributed by atoms with Crippen molar-refractivity contribution in [2.24, 2.45) is 0 Å². The molecule has 114 valence electrons. The molecule has 4 N–H and O–H groups in total. The number of amides is 2. The van der Waals surface area contributed by atoms with Gasteiger partial charge in [-0.25, -0.2) is 9.59 Å². The van der Waals surface area contributed by atoms with Gasteiger partial charge in [0.15, 0.2) is 0 Å². The molecule has 2 amide bonds. The molecule has 0 bridgehead atoms. The summed E-state index contributed by atoms with van der Waals surface area (Å²) < 4.78 is 0. The van der Waals surface area contributed by atoms with Crippen molar-refractivity contribution in [1.29, 1.82) is 0 Å². The number of carboxylic acid groups (broad SMARTS) is 1. The van der Waals surface area contributed by atoms with E-state index in [1.165, 1.54) is 6.07 Å². The third-order valence-corrected chi connectivity index (χ3v) is 2.86. The van der Waals surface area contributed by atoms with Crippen molar-refractivity contribution in [3.63, 3.8) is 0 Å².